The fraction of sp³-hybridized carbons (Fsp3) is 0.342. The molecule has 1 aliphatic heterocycles. The van der Waals surface area contributed by atoms with Gasteiger partial charge < -0.3 is 14.6 Å². The van der Waals surface area contributed by atoms with Crippen molar-refractivity contribution in [2.75, 3.05) is 17.5 Å². The van der Waals surface area contributed by atoms with Crippen molar-refractivity contribution < 1.29 is 22.4 Å². The van der Waals surface area contributed by atoms with Gasteiger partial charge in [-0.05, 0) is 97.9 Å². The number of amides is 2. The molecule has 1 saturated heterocycles. The Morgan fingerprint density at radius 2 is 1.76 bits per heavy atom. The van der Waals surface area contributed by atoms with Gasteiger partial charge in [0.2, 0.25) is 15.9 Å². The molecule has 2 N–H and O–H groups in total. The summed E-state index contributed by atoms with van der Waals surface area (Å²) in [6.07, 6.45) is 10.0. The van der Waals surface area contributed by atoms with E-state index in [4.69, 9.17) is 16.0 Å². The molecule has 256 valence electrons. The minimum atomic E-state index is -3.53. The van der Waals surface area contributed by atoms with Crippen molar-refractivity contribution in [3.8, 4) is 0 Å². The molecule has 2 amide bonds. The molecule has 1 aromatic heterocycles. The number of piperidine rings is 1. The maximum atomic E-state index is 13.5. The zero-order valence-electron chi connectivity index (χ0n) is 27.4. The Bertz CT molecular complexity index is 2050. The summed E-state index contributed by atoms with van der Waals surface area (Å²) in [6.45, 7) is 1.48. The average Bonchev–Trinajstić information content (AvgIpc) is 3.07. The Balaban J connectivity index is 1.19. The number of sulfonamides is 1. The average molecular weight is 702 g/mol. The third-order valence-corrected chi connectivity index (χ3v) is 10.1. The summed E-state index contributed by atoms with van der Waals surface area (Å²) < 4.78 is 31.5. The van der Waals surface area contributed by atoms with E-state index in [1.54, 1.807) is 0 Å². The number of likely N-dealkylation sites (tertiary alicyclic amines) is 1. The van der Waals surface area contributed by atoms with Crippen molar-refractivity contribution in [2.45, 2.75) is 69.9 Å². The molecule has 1 saturated carbocycles. The lowest BCUT2D eigenvalue weighted by Gasteiger charge is -2.31. The summed E-state index contributed by atoms with van der Waals surface area (Å²) in [7, 11) is -3.53. The van der Waals surface area contributed by atoms with Gasteiger partial charge in [-0.15, -0.1) is 0 Å². The van der Waals surface area contributed by atoms with E-state index >= 15 is 0 Å². The Morgan fingerprint density at radius 1 is 1.00 bits per heavy atom. The molecule has 0 unspecified atom stereocenters. The molecule has 1 atom stereocenters. The van der Waals surface area contributed by atoms with E-state index in [0.29, 0.717) is 30.3 Å². The van der Waals surface area contributed by atoms with Gasteiger partial charge in [0, 0.05) is 36.3 Å². The summed E-state index contributed by atoms with van der Waals surface area (Å²) in [4.78, 5) is 41.0. The molecule has 1 aliphatic carbocycles. The number of hydrogen-bond acceptors (Lipinski definition) is 6. The highest BCUT2D eigenvalue weighted by atomic mass is 35.5. The van der Waals surface area contributed by atoms with Crippen LogP contribution in [0.15, 0.2) is 93.7 Å². The molecule has 2 aliphatic rings. The quantitative estimate of drug-likeness (QED) is 0.172. The zero-order valence-corrected chi connectivity index (χ0v) is 29.0. The molecule has 0 radical (unpaired) electrons. The fourth-order valence-corrected chi connectivity index (χ4v) is 7.55. The Kier molecular flexibility index (Phi) is 10.6. The van der Waals surface area contributed by atoms with E-state index in [-0.39, 0.29) is 34.4 Å². The largest absolute Gasteiger partial charge is 0.451 e. The lowest BCUT2D eigenvalue weighted by atomic mass is 9.79. The van der Waals surface area contributed by atoms with Gasteiger partial charge in [0.05, 0.1) is 17.7 Å². The Morgan fingerprint density at radius 3 is 2.49 bits per heavy atom. The van der Waals surface area contributed by atoms with Crippen LogP contribution in [0.1, 0.15) is 78.1 Å². The van der Waals surface area contributed by atoms with Gasteiger partial charge >= 0.3 is 0 Å². The second-order valence-electron chi connectivity index (χ2n) is 13.0. The second kappa shape index (κ2) is 15.0. The number of nitrogens with one attached hydrogen (secondary N) is 2. The van der Waals surface area contributed by atoms with Crippen LogP contribution in [-0.4, -0.2) is 44.0 Å². The minimum Gasteiger partial charge on any atom is -0.451 e. The van der Waals surface area contributed by atoms with Crippen molar-refractivity contribution in [3.63, 3.8) is 0 Å². The zero-order chi connectivity index (χ0) is 34.5. The van der Waals surface area contributed by atoms with Crippen LogP contribution >= 0.6 is 11.6 Å². The van der Waals surface area contributed by atoms with Gasteiger partial charge in [-0.3, -0.25) is 19.1 Å². The van der Waals surface area contributed by atoms with Gasteiger partial charge in [-0.1, -0.05) is 59.6 Å². The Labute approximate surface area is 291 Å². The van der Waals surface area contributed by atoms with Crippen LogP contribution in [-0.2, 0) is 27.8 Å². The number of anilines is 1. The molecule has 0 bridgehead atoms. The lowest BCUT2D eigenvalue weighted by Crippen LogP contribution is -2.36. The number of benzene rings is 3. The molecule has 2 fully saturated rings. The second-order valence-corrected chi connectivity index (χ2v) is 15.2. The van der Waals surface area contributed by atoms with Crippen molar-refractivity contribution >= 4 is 50.1 Å². The predicted octanol–water partition coefficient (Wildman–Crippen LogP) is 6.96. The van der Waals surface area contributed by atoms with Crippen molar-refractivity contribution in [1.82, 2.24) is 10.2 Å². The van der Waals surface area contributed by atoms with Crippen LogP contribution in [0.5, 0.6) is 0 Å². The maximum absolute atomic E-state index is 13.5. The lowest BCUT2D eigenvalue weighted by molar-refractivity contribution is -0.133. The topological polar surface area (TPSA) is 126 Å². The number of carbonyl (C=O) groups excluding carboxylic acids is 2. The van der Waals surface area contributed by atoms with Crippen LogP contribution in [0.4, 0.5) is 5.69 Å². The molecule has 9 nitrogen and oxygen atoms in total. The smallest absolute Gasteiger partial charge is 0.287 e. The summed E-state index contributed by atoms with van der Waals surface area (Å²) in [5.74, 6) is -0.0309. The van der Waals surface area contributed by atoms with Gasteiger partial charge in [0.25, 0.3) is 5.91 Å². The first-order valence-corrected chi connectivity index (χ1v) is 18.9. The number of halogens is 1. The van der Waals surface area contributed by atoms with Crippen molar-refractivity contribution in [1.29, 1.82) is 0 Å². The van der Waals surface area contributed by atoms with E-state index in [1.807, 2.05) is 29.2 Å². The number of allylic oxidation sites excluding steroid dienone is 1. The van der Waals surface area contributed by atoms with E-state index in [1.165, 1.54) is 34.9 Å². The highest BCUT2D eigenvalue weighted by Gasteiger charge is 2.25. The normalized spacial score (nSPS) is 17.5. The molecular weight excluding hydrogens is 662 g/mol. The van der Waals surface area contributed by atoms with E-state index < -0.39 is 21.4 Å². The van der Waals surface area contributed by atoms with Crippen LogP contribution in [0.3, 0.4) is 0 Å². The highest BCUT2D eigenvalue weighted by molar-refractivity contribution is 7.92. The molecule has 3 aromatic carbocycles. The first-order valence-electron chi connectivity index (χ1n) is 16.7. The van der Waals surface area contributed by atoms with Gasteiger partial charge in [-0.25, -0.2) is 8.42 Å². The van der Waals surface area contributed by atoms with E-state index in [0.717, 1.165) is 63.0 Å². The summed E-state index contributed by atoms with van der Waals surface area (Å²) in [5.41, 5.74) is 4.73. The standard InChI is InChI=1S/C38H40ClN3O6S/c1-49(46,47)41-30-17-18-35-33(22-30)34(43)23-36(48-35)38(45)40-31(21-26-11-15-29(39)16-12-26)20-25-9-13-27(14-10-25)32-7-3-2-6-28(32)24-42-19-5-4-8-37(42)44/h2-3,6-7,11-12,15-18,20,22-23,27,31,41H,4-5,8-10,13-14,19,21,24H2,1H3,(H,40,45)/t27?,31-/m0/s1. The number of carbonyl (C=O) groups is 2. The number of nitrogens with zero attached hydrogens (tertiary/aromatic N) is 1. The molecule has 2 heterocycles. The number of rotatable bonds is 10. The van der Waals surface area contributed by atoms with Crippen LogP contribution in [0.25, 0.3) is 11.0 Å². The first-order chi connectivity index (χ1) is 23.5. The predicted molar refractivity (Wildman–Crippen MR) is 192 cm³/mol. The first kappa shape index (κ1) is 34.5. The van der Waals surface area contributed by atoms with Crippen LogP contribution < -0.4 is 15.5 Å². The van der Waals surface area contributed by atoms with Crippen LogP contribution in [0, 0.1) is 0 Å². The van der Waals surface area contributed by atoms with Gasteiger partial charge in [-0.2, -0.15) is 0 Å². The maximum Gasteiger partial charge on any atom is 0.287 e. The third-order valence-electron chi connectivity index (χ3n) is 9.28. The van der Waals surface area contributed by atoms with Gasteiger partial charge in [0.15, 0.2) is 11.2 Å². The summed E-state index contributed by atoms with van der Waals surface area (Å²) >= 11 is 6.13. The number of hydrogen-bond donors (Lipinski definition) is 2. The van der Waals surface area contributed by atoms with Gasteiger partial charge in [0.1, 0.15) is 5.58 Å². The monoisotopic (exact) mass is 701 g/mol. The van der Waals surface area contributed by atoms with Crippen molar-refractivity contribution in [2.24, 2.45) is 0 Å². The molecule has 11 heteroatoms. The Hall–Kier alpha value is -4.41. The molecular formula is C38H40ClN3O6S. The van der Waals surface area contributed by atoms with Crippen molar-refractivity contribution in [3.05, 3.63) is 122 Å². The van der Waals surface area contributed by atoms with Crippen LogP contribution in [0.2, 0.25) is 5.02 Å². The molecule has 4 aromatic rings. The highest BCUT2D eigenvalue weighted by Crippen LogP contribution is 2.37. The molecule has 0 spiro atoms. The SMILES string of the molecule is CS(=O)(=O)Nc1ccc2oc(C(=O)N[C@@H](C=C3CCC(c4ccccc4CN4CCCCC4=O)CC3)Cc3ccc(Cl)cc3)cc(=O)c2c1. The van der Waals surface area contributed by atoms with E-state index in [9.17, 15) is 22.8 Å². The summed E-state index contributed by atoms with van der Waals surface area (Å²) in [6, 6.07) is 21.1. The fourth-order valence-electron chi connectivity index (χ4n) is 6.87. The van der Waals surface area contributed by atoms with E-state index in [2.05, 4.69) is 40.4 Å². The third kappa shape index (κ3) is 8.99. The summed E-state index contributed by atoms with van der Waals surface area (Å²) in [5, 5.41) is 3.85. The number of fused-ring (bicyclic) bond motifs is 1. The molecule has 6 rings (SSSR count). The molecule has 49 heavy (non-hydrogen) atoms. The minimum absolute atomic E-state index is 0.131.